The number of nitrogens with one attached hydrogen (secondary N) is 2. The summed E-state index contributed by atoms with van der Waals surface area (Å²) in [5.74, 6) is 0. The number of hydrogen-bond acceptors (Lipinski definition) is 3. The van der Waals surface area contributed by atoms with Gasteiger partial charge in [-0.1, -0.05) is 12.1 Å². The van der Waals surface area contributed by atoms with E-state index >= 15 is 0 Å². The van der Waals surface area contributed by atoms with Gasteiger partial charge in [-0.3, -0.25) is 9.97 Å². The van der Waals surface area contributed by atoms with E-state index in [1.165, 1.54) is 0 Å². The van der Waals surface area contributed by atoms with Gasteiger partial charge in [0.15, 0.2) is 0 Å². The predicted octanol–water partition coefficient (Wildman–Crippen LogP) is -0.477. The number of H-pyrrole nitrogens is 2. The first-order chi connectivity index (χ1) is 7.58. The van der Waals surface area contributed by atoms with Crippen molar-refractivity contribution >= 4 is 0 Å². The van der Waals surface area contributed by atoms with Crippen molar-refractivity contribution in [2.75, 3.05) is 0 Å². The third-order valence-electron chi connectivity index (χ3n) is 2.11. The lowest BCUT2D eigenvalue weighted by Gasteiger charge is -2.03. The van der Waals surface area contributed by atoms with Crippen LogP contribution in [0.2, 0.25) is 0 Å². The van der Waals surface area contributed by atoms with Crippen molar-refractivity contribution in [2.24, 2.45) is 0 Å². The maximum Gasteiger partial charge on any atom is 0.338 e. The van der Waals surface area contributed by atoms with E-state index in [1.54, 1.807) is 18.2 Å². The van der Waals surface area contributed by atoms with Crippen molar-refractivity contribution in [1.29, 1.82) is 0 Å². The minimum Gasteiger partial charge on any atom is -0.258 e. The maximum absolute atomic E-state index is 11.5. The largest absolute Gasteiger partial charge is 0.338 e. The van der Waals surface area contributed by atoms with Gasteiger partial charge < -0.3 is 0 Å². The van der Waals surface area contributed by atoms with Crippen molar-refractivity contribution in [1.82, 2.24) is 14.5 Å². The topological polar surface area (TPSA) is 87.7 Å². The number of hydrogen-bond donors (Lipinski definition) is 2. The molecule has 0 saturated heterocycles. The van der Waals surface area contributed by atoms with E-state index in [1.807, 2.05) is 23.0 Å². The van der Waals surface area contributed by atoms with Crippen molar-refractivity contribution in [3.8, 4) is 5.69 Å². The summed E-state index contributed by atoms with van der Waals surface area (Å²) in [5, 5.41) is 0. The second-order valence-electron chi connectivity index (χ2n) is 3.36. The van der Waals surface area contributed by atoms with Gasteiger partial charge in [-0.05, 0) is 24.6 Å². The summed E-state index contributed by atoms with van der Waals surface area (Å²) in [6.07, 6.45) is 0. The minimum atomic E-state index is -0.807. The molecule has 1 aromatic carbocycles. The minimum absolute atomic E-state index is 0.419. The van der Waals surface area contributed by atoms with Gasteiger partial charge in [-0.2, -0.15) is 0 Å². The molecular formula is C10H9N3O3. The molecule has 6 nitrogen and oxygen atoms in total. The van der Waals surface area contributed by atoms with Crippen LogP contribution in [-0.4, -0.2) is 14.5 Å². The van der Waals surface area contributed by atoms with Crippen LogP contribution in [0.5, 0.6) is 0 Å². The van der Waals surface area contributed by atoms with Crippen LogP contribution in [0.1, 0.15) is 5.56 Å². The zero-order valence-corrected chi connectivity index (χ0v) is 8.48. The van der Waals surface area contributed by atoms with Crippen LogP contribution in [0.3, 0.4) is 0 Å². The summed E-state index contributed by atoms with van der Waals surface area (Å²) in [4.78, 5) is 37.7. The Kier molecular flexibility index (Phi) is 2.32. The van der Waals surface area contributed by atoms with Gasteiger partial charge in [0, 0.05) is 0 Å². The van der Waals surface area contributed by atoms with Crippen LogP contribution >= 0.6 is 0 Å². The molecule has 2 aromatic rings. The van der Waals surface area contributed by atoms with Gasteiger partial charge in [0.25, 0.3) is 0 Å². The molecule has 0 bridgehead atoms. The second kappa shape index (κ2) is 3.65. The normalized spacial score (nSPS) is 10.3. The number of nitrogens with zero attached hydrogens (tertiary/aromatic N) is 1. The van der Waals surface area contributed by atoms with Crippen molar-refractivity contribution in [3.63, 3.8) is 0 Å². The second-order valence-corrected chi connectivity index (χ2v) is 3.36. The number of benzene rings is 1. The van der Waals surface area contributed by atoms with E-state index in [2.05, 4.69) is 0 Å². The Morgan fingerprint density at radius 2 is 1.69 bits per heavy atom. The first-order valence-electron chi connectivity index (χ1n) is 4.60. The summed E-state index contributed by atoms with van der Waals surface area (Å²) < 4.78 is 0.869. The number of aryl methyl sites for hydroxylation is 1. The zero-order valence-electron chi connectivity index (χ0n) is 8.48. The predicted molar refractivity (Wildman–Crippen MR) is 58.0 cm³/mol. The Labute approximate surface area is 89.2 Å². The van der Waals surface area contributed by atoms with E-state index < -0.39 is 17.1 Å². The molecule has 0 aliphatic carbocycles. The molecule has 0 unspecified atom stereocenters. The molecule has 1 heterocycles. The van der Waals surface area contributed by atoms with E-state index in [9.17, 15) is 14.4 Å². The summed E-state index contributed by atoms with van der Waals surface area (Å²) in [6, 6.07) is 6.85. The molecule has 1 aromatic heterocycles. The lowest BCUT2D eigenvalue weighted by Crippen LogP contribution is -2.42. The molecule has 16 heavy (non-hydrogen) atoms. The maximum atomic E-state index is 11.5. The first kappa shape index (κ1) is 10.2. The first-order valence-corrected chi connectivity index (χ1v) is 4.60. The molecule has 0 aliphatic rings. The standard InChI is InChI=1S/C10H9N3O3/c1-6-3-2-4-7(5-6)13-9(15)11-8(14)12-10(13)16/h2-5H,1H3,(H2,11,12,14,15,16). The monoisotopic (exact) mass is 219 g/mol. The SMILES string of the molecule is Cc1cccc(-n2c(=O)[nH]c(=O)[nH]c2=O)c1. The van der Waals surface area contributed by atoms with E-state index in [-0.39, 0.29) is 0 Å². The fourth-order valence-corrected chi connectivity index (χ4v) is 1.43. The molecule has 2 N–H and O–H groups in total. The van der Waals surface area contributed by atoms with Gasteiger partial charge in [0.1, 0.15) is 0 Å². The molecule has 0 saturated carbocycles. The Bertz CT molecular complexity index is 659. The fraction of sp³-hybridized carbons (Fsp3) is 0.100. The van der Waals surface area contributed by atoms with Gasteiger partial charge in [0.2, 0.25) is 0 Å². The van der Waals surface area contributed by atoms with Crippen LogP contribution < -0.4 is 17.1 Å². The highest BCUT2D eigenvalue weighted by Gasteiger charge is 2.04. The molecule has 0 atom stereocenters. The van der Waals surface area contributed by atoms with E-state index in [0.29, 0.717) is 5.69 Å². The van der Waals surface area contributed by atoms with E-state index in [4.69, 9.17) is 0 Å². The van der Waals surface area contributed by atoms with Gasteiger partial charge in [-0.25, -0.2) is 19.0 Å². The Balaban J connectivity index is 2.80. The highest BCUT2D eigenvalue weighted by atomic mass is 16.2. The highest BCUT2D eigenvalue weighted by molar-refractivity contribution is 5.34. The average molecular weight is 219 g/mol. The molecule has 0 aliphatic heterocycles. The van der Waals surface area contributed by atoms with Crippen LogP contribution in [0, 0.1) is 6.92 Å². The molecule has 6 heteroatoms. The quantitative estimate of drug-likeness (QED) is 0.679. The molecule has 82 valence electrons. The molecule has 2 rings (SSSR count). The van der Waals surface area contributed by atoms with Crippen LogP contribution in [-0.2, 0) is 0 Å². The Morgan fingerprint density at radius 1 is 1.06 bits per heavy atom. The number of rotatable bonds is 1. The van der Waals surface area contributed by atoms with Crippen LogP contribution in [0.25, 0.3) is 5.69 Å². The third kappa shape index (κ3) is 1.72. The molecular weight excluding hydrogens is 210 g/mol. The molecule has 0 radical (unpaired) electrons. The van der Waals surface area contributed by atoms with Crippen LogP contribution in [0.15, 0.2) is 38.6 Å². The van der Waals surface area contributed by atoms with Crippen molar-refractivity contribution in [2.45, 2.75) is 6.92 Å². The lowest BCUT2D eigenvalue weighted by atomic mass is 10.2. The van der Waals surface area contributed by atoms with E-state index in [0.717, 1.165) is 10.1 Å². The highest BCUT2D eigenvalue weighted by Crippen LogP contribution is 2.04. The van der Waals surface area contributed by atoms with Crippen molar-refractivity contribution in [3.05, 3.63) is 61.3 Å². The van der Waals surface area contributed by atoms with Gasteiger partial charge in [-0.15, -0.1) is 0 Å². The molecule has 0 spiro atoms. The third-order valence-corrected chi connectivity index (χ3v) is 2.11. The number of aromatic nitrogens is 3. The Hall–Kier alpha value is -2.37. The van der Waals surface area contributed by atoms with Crippen LogP contribution in [0.4, 0.5) is 0 Å². The van der Waals surface area contributed by atoms with Gasteiger partial charge in [0.05, 0.1) is 5.69 Å². The number of aromatic amines is 2. The smallest absolute Gasteiger partial charge is 0.258 e. The molecule has 0 fully saturated rings. The van der Waals surface area contributed by atoms with Crippen molar-refractivity contribution < 1.29 is 0 Å². The average Bonchev–Trinajstić information content (AvgIpc) is 2.15. The summed E-state index contributed by atoms with van der Waals surface area (Å²) in [6.45, 7) is 1.84. The van der Waals surface area contributed by atoms with Gasteiger partial charge >= 0.3 is 17.1 Å². The summed E-state index contributed by atoms with van der Waals surface area (Å²) in [7, 11) is 0. The fourth-order valence-electron chi connectivity index (χ4n) is 1.43. The summed E-state index contributed by atoms with van der Waals surface area (Å²) >= 11 is 0. The zero-order chi connectivity index (χ0) is 11.7. The summed E-state index contributed by atoms with van der Waals surface area (Å²) in [5.41, 5.74) is -0.977. The molecule has 0 amide bonds. The Morgan fingerprint density at radius 3 is 2.25 bits per heavy atom. The lowest BCUT2D eigenvalue weighted by molar-refractivity contribution is 0.784.